The van der Waals surface area contributed by atoms with Crippen LogP contribution in [-0.4, -0.2) is 17.1 Å². The van der Waals surface area contributed by atoms with Crippen LogP contribution in [0, 0.1) is 42.4 Å². The van der Waals surface area contributed by atoms with Crippen molar-refractivity contribution in [1.82, 2.24) is 5.32 Å². The largest absolute Gasteiger partial charge is 0.393 e. The summed E-state index contributed by atoms with van der Waals surface area (Å²) in [5, 5.41) is 13.6. The van der Waals surface area contributed by atoms with Gasteiger partial charge < -0.3 is 10.4 Å². The maximum absolute atomic E-state index is 12.4. The van der Waals surface area contributed by atoms with E-state index < -0.39 is 0 Å². The SMILES string of the molecule is C/C(=C\C=C\[C@@H]1[C@@H]2[C@H](C)[C@@H](O)[C@H](C)C[C@@H]2C=C[C@H]1C)C(=O)NCc1ccc(C)cc1. The summed E-state index contributed by atoms with van der Waals surface area (Å²) in [6.45, 7) is 11.1. The second kappa shape index (κ2) is 9.78. The fourth-order valence-corrected chi connectivity index (χ4v) is 5.24. The van der Waals surface area contributed by atoms with Crippen molar-refractivity contribution < 1.29 is 9.90 Å². The van der Waals surface area contributed by atoms with Crippen LogP contribution in [0.3, 0.4) is 0 Å². The molecule has 0 bridgehead atoms. The monoisotopic (exact) mass is 407 g/mol. The molecule has 1 aromatic rings. The number of rotatable bonds is 5. The Morgan fingerprint density at radius 2 is 1.87 bits per heavy atom. The minimum atomic E-state index is -0.231. The molecule has 0 unspecified atom stereocenters. The number of allylic oxidation sites excluding steroid dienone is 5. The van der Waals surface area contributed by atoms with Gasteiger partial charge in [-0.25, -0.2) is 0 Å². The Hall–Kier alpha value is -2.13. The molecule has 2 aliphatic carbocycles. The summed E-state index contributed by atoms with van der Waals surface area (Å²) in [5.41, 5.74) is 3.03. The molecule has 2 N–H and O–H groups in total. The number of hydrogen-bond acceptors (Lipinski definition) is 2. The summed E-state index contributed by atoms with van der Waals surface area (Å²) in [7, 11) is 0. The lowest BCUT2D eigenvalue weighted by molar-refractivity contribution is -0.117. The first-order valence-electron chi connectivity index (χ1n) is 11.3. The Balaban J connectivity index is 1.63. The highest BCUT2D eigenvalue weighted by atomic mass is 16.3. The van der Waals surface area contributed by atoms with Gasteiger partial charge in [-0.15, -0.1) is 0 Å². The van der Waals surface area contributed by atoms with Crippen LogP contribution in [0.1, 0.15) is 45.2 Å². The zero-order chi connectivity index (χ0) is 21.8. The van der Waals surface area contributed by atoms with E-state index in [1.807, 2.05) is 31.2 Å². The smallest absolute Gasteiger partial charge is 0.247 e. The molecular formula is C27H37NO2. The predicted octanol–water partition coefficient (Wildman–Crippen LogP) is 5.21. The molecule has 1 fully saturated rings. The van der Waals surface area contributed by atoms with E-state index in [0.29, 0.717) is 41.7 Å². The number of hydrogen-bond donors (Lipinski definition) is 2. The molecule has 1 aromatic carbocycles. The standard InChI is InChI=1S/C27H37NO2/c1-17-9-12-22(13-10-17)16-28-27(30)19(3)7-6-8-24-18(2)11-14-23-15-20(4)26(29)21(5)25(23)24/h6-14,18,20-21,23-26,29H,15-16H2,1-5H3,(H,28,30)/b8-6+,19-7+/t18-,20-,21+,23+,24+,25-,26+/m1/s1. The van der Waals surface area contributed by atoms with Crippen molar-refractivity contribution in [3.05, 3.63) is 71.3 Å². The molecule has 0 aliphatic heterocycles. The first-order chi connectivity index (χ1) is 14.3. The maximum Gasteiger partial charge on any atom is 0.247 e. The van der Waals surface area contributed by atoms with E-state index in [9.17, 15) is 9.90 Å². The van der Waals surface area contributed by atoms with Crippen molar-refractivity contribution in [3.63, 3.8) is 0 Å². The second-order valence-corrected chi connectivity index (χ2v) is 9.53. The zero-order valence-electron chi connectivity index (χ0n) is 19.0. The van der Waals surface area contributed by atoms with Crippen LogP contribution in [0.4, 0.5) is 0 Å². The van der Waals surface area contributed by atoms with E-state index in [1.165, 1.54) is 5.56 Å². The Bertz CT molecular complexity index is 820. The van der Waals surface area contributed by atoms with Gasteiger partial charge >= 0.3 is 0 Å². The summed E-state index contributed by atoms with van der Waals surface area (Å²) >= 11 is 0. The van der Waals surface area contributed by atoms with Crippen LogP contribution < -0.4 is 5.32 Å². The lowest BCUT2D eigenvalue weighted by Gasteiger charge is -2.48. The number of nitrogens with one attached hydrogen (secondary N) is 1. The zero-order valence-corrected chi connectivity index (χ0v) is 19.0. The van der Waals surface area contributed by atoms with E-state index in [1.54, 1.807) is 0 Å². The second-order valence-electron chi connectivity index (χ2n) is 9.53. The Morgan fingerprint density at radius 1 is 1.17 bits per heavy atom. The fraction of sp³-hybridized carbons (Fsp3) is 0.519. The molecule has 0 saturated heterocycles. The molecular weight excluding hydrogens is 370 g/mol. The molecule has 162 valence electrons. The van der Waals surface area contributed by atoms with Gasteiger partial charge in [0.25, 0.3) is 0 Å². The topological polar surface area (TPSA) is 49.3 Å². The van der Waals surface area contributed by atoms with Crippen molar-refractivity contribution in [2.45, 2.75) is 53.7 Å². The third kappa shape index (κ3) is 5.13. The number of carbonyl (C=O) groups excluding carboxylic acids is 1. The number of fused-ring (bicyclic) bond motifs is 1. The molecule has 30 heavy (non-hydrogen) atoms. The van der Waals surface area contributed by atoms with Crippen molar-refractivity contribution in [1.29, 1.82) is 0 Å². The van der Waals surface area contributed by atoms with Crippen molar-refractivity contribution >= 4 is 5.91 Å². The van der Waals surface area contributed by atoms with Gasteiger partial charge in [0.2, 0.25) is 5.91 Å². The highest BCUT2D eigenvalue weighted by Gasteiger charge is 2.44. The van der Waals surface area contributed by atoms with Crippen LogP contribution in [0.25, 0.3) is 0 Å². The van der Waals surface area contributed by atoms with Crippen molar-refractivity contribution in [2.24, 2.45) is 35.5 Å². The minimum Gasteiger partial charge on any atom is -0.393 e. The summed E-state index contributed by atoms with van der Waals surface area (Å²) < 4.78 is 0. The van der Waals surface area contributed by atoms with Gasteiger partial charge in [0.1, 0.15) is 0 Å². The van der Waals surface area contributed by atoms with Crippen LogP contribution in [0.5, 0.6) is 0 Å². The molecule has 0 radical (unpaired) electrons. The average molecular weight is 408 g/mol. The summed E-state index contributed by atoms with van der Waals surface area (Å²) in [6.07, 6.45) is 11.7. The highest BCUT2D eigenvalue weighted by Crippen LogP contribution is 2.48. The van der Waals surface area contributed by atoms with E-state index in [4.69, 9.17) is 0 Å². The Kier molecular flexibility index (Phi) is 7.36. The predicted molar refractivity (Wildman–Crippen MR) is 124 cm³/mol. The molecule has 1 saturated carbocycles. The molecule has 3 heteroatoms. The van der Waals surface area contributed by atoms with Crippen LogP contribution in [0.15, 0.2) is 60.2 Å². The molecule has 0 spiro atoms. The third-order valence-electron chi connectivity index (χ3n) is 7.19. The highest BCUT2D eigenvalue weighted by molar-refractivity contribution is 5.93. The summed E-state index contributed by atoms with van der Waals surface area (Å²) in [4.78, 5) is 12.4. The average Bonchev–Trinajstić information content (AvgIpc) is 2.73. The van der Waals surface area contributed by atoms with E-state index >= 15 is 0 Å². The van der Waals surface area contributed by atoms with E-state index in [2.05, 4.69) is 63.4 Å². The Morgan fingerprint density at radius 3 is 2.57 bits per heavy atom. The van der Waals surface area contributed by atoms with Gasteiger partial charge in [-0.1, -0.05) is 81.0 Å². The van der Waals surface area contributed by atoms with Gasteiger partial charge in [0, 0.05) is 12.1 Å². The summed E-state index contributed by atoms with van der Waals surface area (Å²) in [5.74, 6) is 2.41. The number of aliphatic hydroxyl groups excluding tert-OH is 1. The fourth-order valence-electron chi connectivity index (χ4n) is 5.24. The minimum absolute atomic E-state index is 0.0371. The first kappa shape index (κ1) is 22.6. The van der Waals surface area contributed by atoms with Gasteiger partial charge in [0.05, 0.1) is 6.10 Å². The number of aliphatic hydroxyl groups is 1. The van der Waals surface area contributed by atoms with Gasteiger partial charge in [-0.2, -0.15) is 0 Å². The number of carbonyl (C=O) groups is 1. The quantitative estimate of drug-likeness (QED) is 0.400. The van der Waals surface area contributed by atoms with Crippen molar-refractivity contribution in [2.75, 3.05) is 0 Å². The lowest BCUT2D eigenvalue weighted by atomic mass is 9.58. The third-order valence-corrected chi connectivity index (χ3v) is 7.19. The summed E-state index contributed by atoms with van der Waals surface area (Å²) in [6, 6.07) is 8.21. The molecule has 2 aliphatic rings. The maximum atomic E-state index is 12.4. The van der Waals surface area contributed by atoms with Crippen molar-refractivity contribution in [3.8, 4) is 0 Å². The van der Waals surface area contributed by atoms with Crippen LogP contribution in [-0.2, 0) is 11.3 Å². The number of benzene rings is 1. The molecule has 3 rings (SSSR count). The molecule has 7 atom stereocenters. The van der Waals surface area contributed by atoms with Gasteiger partial charge in [0.15, 0.2) is 0 Å². The normalized spacial score (nSPS) is 34.1. The van der Waals surface area contributed by atoms with E-state index in [-0.39, 0.29) is 17.9 Å². The lowest BCUT2D eigenvalue weighted by Crippen LogP contribution is -2.46. The van der Waals surface area contributed by atoms with Gasteiger partial charge in [-0.05, 0) is 61.3 Å². The van der Waals surface area contributed by atoms with Crippen LogP contribution >= 0.6 is 0 Å². The molecule has 0 aromatic heterocycles. The first-order valence-corrected chi connectivity index (χ1v) is 11.3. The van der Waals surface area contributed by atoms with Crippen LogP contribution in [0.2, 0.25) is 0 Å². The number of amides is 1. The molecule has 3 nitrogen and oxygen atoms in total. The molecule has 1 amide bonds. The number of aryl methyl sites for hydroxylation is 1. The molecule has 0 heterocycles. The Labute approximate surface area is 182 Å². The van der Waals surface area contributed by atoms with E-state index in [0.717, 1.165) is 12.0 Å². The van der Waals surface area contributed by atoms with Gasteiger partial charge in [-0.3, -0.25) is 4.79 Å².